The first-order valence-electron chi connectivity index (χ1n) is 10.2. The Morgan fingerprint density at radius 3 is 3.08 bits per heavy atom. The summed E-state index contributed by atoms with van der Waals surface area (Å²) in [6, 6.07) is 4.42. The maximum absolute atomic E-state index is 12.2. The molecule has 0 saturated carbocycles. The van der Waals surface area contributed by atoms with Crippen LogP contribution in [0, 0.1) is 0 Å². The summed E-state index contributed by atoms with van der Waals surface area (Å²) in [5, 5.41) is 3.52. The van der Waals surface area contributed by atoms with Crippen molar-refractivity contribution in [2.45, 2.75) is 12.8 Å². The van der Waals surface area contributed by atoms with Gasteiger partial charge in [0.2, 0.25) is 5.91 Å². The van der Waals surface area contributed by atoms with Gasteiger partial charge >= 0.3 is 0 Å². The largest absolute Gasteiger partial charge is 0.310 e. The predicted octanol–water partition coefficient (Wildman–Crippen LogP) is 2.73. The average molecular weight is 337 g/mol. The summed E-state index contributed by atoms with van der Waals surface area (Å²) in [6.07, 6.45) is 3.15. The first-order chi connectivity index (χ1) is 13.9. The van der Waals surface area contributed by atoms with Crippen molar-refractivity contribution >= 4 is 22.6 Å². The van der Waals surface area contributed by atoms with Crippen molar-refractivity contribution in [3.8, 4) is 11.3 Å². The summed E-state index contributed by atoms with van der Waals surface area (Å²) >= 11 is 0. The van der Waals surface area contributed by atoms with Gasteiger partial charge in [-0.3, -0.25) is 14.7 Å². The fourth-order valence-electron chi connectivity index (χ4n) is 2.90. The number of likely N-dealkylation sites (tertiary alicyclic amines) is 1. The number of pyridine rings is 3. The lowest BCUT2D eigenvalue weighted by Crippen LogP contribution is -2.31. The first kappa shape index (κ1) is 11.7. The van der Waals surface area contributed by atoms with Gasteiger partial charge in [0.05, 0.1) is 23.2 Å². The maximum atomic E-state index is 12.2. The van der Waals surface area contributed by atoms with E-state index in [1.807, 2.05) is 0 Å². The minimum Gasteiger partial charge on any atom is -0.310 e. The number of rotatable bonds is 4. The number of nitrogens with zero attached hydrogens (tertiary/aromatic N) is 4. The minimum atomic E-state index is -0.406. The van der Waals surface area contributed by atoms with Crippen LogP contribution in [-0.4, -0.2) is 45.4 Å². The van der Waals surface area contributed by atoms with E-state index in [1.165, 1.54) is 0 Å². The second kappa shape index (κ2) is 6.94. The lowest BCUT2D eigenvalue weighted by molar-refractivity contribution is -0.117. The predicted molar refractivity (Wildman–Crippen MR) is 97.1 cm³/mol. The molecule has 1 N–H and O–H groups in total. The first-order valence-corrected chi connectivity index (χ1v) is 8.16. The Morgan fingerprint density at radius 2 is 2.20 bits per heavy atom. The summed E-state index contributed by atoms with van der Waals surface area (Å²) in [5.41, 5.74) is 0.952. The molecule has 6 heteroatoms. The molecule has 25 heavy (non-hydrogen) atoms. The molecule has 1 amide bonds. The molecular weight excluding hydrogens is 314 g/mol. The van der Waals surface area contributed by atoms with Crippen molar-refractivity contribution in [3.63, 3.8) is 0 Å². The molecule has 0 aliphatic carbocycles. The van der Waals surface area contributed by atoms with Gasteiger partial charge in [-0.25, -0.2) is 9.97 Å². The number of hydrogen-bond acceptors (Lipinski definition) is 5. The number of fused-ring (bicyclic) bond motifs is 1. The molecule has 1 fully saturated rings. The van der Waals surface area contributed by atoms with E-state index in [9.17, 15) is 4.79 Å². The van der Waals surface area contributed by atoms with E-state index in [-0.39, 0.29) is 29.7 Å². The summed E-state index contributed by atoms with van der Waals surface area (Å²) in [5.74, 6) is 0.246. The highest BCUT2D eigenvalue weighted by Crippen LogP contribution is 2.21. The summed E-state index contributed by atoms with van der Waals surface area (Å²) in [7, 11) is 0. The van der Waals surface area contributed by atoms with Gasteiger partial charge < -0.3 is 5.32 Å². The van der Waals surface area contributed by atoms with Gasteiger partial charge in [0.25, 0.3) is 0 Å². The molecule has 0 radical (unpaired) electrons. The van der Waals surface area contributed by atoms with E-state index >= 15 is 0 Å². The van der Waals surface area contributed by atoms with E-state index in [0.29, 0.717) is 23.6 Å². The smallest absolute Gasteiger partial charge is 0.239 e. The van der Waals surface area contributed by atoms with Crippen molar-refractivity contribution in [2.75, 3.05) is 25.0 Å². The fraction of sp³-hybridized carbons (Fsp3) is 0.263. The number of amides is 1. The molecule has 4 heterocycles. The van der Waals surface area contributed by atoms with Gasteiger partial charge in [0.1, 0.15) is 5.82 Å². The van der Waals surface area contributed by atoms with E-state index in [4.69, 9.17) is 5.48 Å². The monoisotopic (exact) mass is 337 g/mol. The molecule has 1 aliphatic heterocycles. The Labute approximate surface area is 151 Å². The third-order valence-corrected chi connectivity index (χ3v) is 4.13. The highest BCUT2D eigenvalue weighted by atomic mass is 16.2. The van der Waals surface area contributed by atoms with E-state index in [0.717, 1.165) is 31.3 Å². The second-order valence-electron chi connectivity index (χ2n) is 5.95. The molecule has 3 aromatic rings. The minimum absolute atomic E-state index is 0.101. The molecule has 1 aliphatic rings. The van der Waals surface area contributed by atoms with Crippen LogP contribution in [0.5, 0.6) is 0 Å². The molecule has 1 saturated heterocycles. The van der Waals surface area contributed by atoms with Crippen LogP contribution < -0.4 is 5.32 Å². The van der Waals surface area contributed by atoms with E-state index < -0.39 is 6.17 Å². The van der Waals surface area contributed by atoms with Crippen LogP contribution in [0.3, 0.4) is 0 Å². The highest BCUT2D eigenvalue weighted by molar-refractivity contribution is 5.93. The number of carbonyl (C=O) groups excluding carboxylic acids is 1. The van der Waals surface area contributed by atoms with Gasteiger partial charge in [0.15, 0.2) is 0 Å². The topological polar surface area (TPSA) is 71.0 Å². The zero-order valence-corrected chi connectivity index (χ0v) is 13.5. The average Bonchev–Trinajstić information content (AvgIpc) is 3.19. The van der Waals surface area contributed by atoms with Crippen LogP contribution in [0.4, 0.5) is 5.82 Å². The fourth-order valence-corrected chi connectivity index (χ4v) is 2.90. The number of carbonyl (C=O) groups is 1. The Hall–Kier alpha value is -2.86. The maximum Gasteiger partial charge on any atom is 0.239 e. The van der Waals surface area contributed by atoms with E-state index in [1.54, 1.807) is 24.4 Å². The van der Waals surface area contributed by atoms with Crippen molar-refractivity contribution in [1.82, 2.24) is 19.9 Å². The number of nitrogens with one attached hydrogen (secondary N) is 1. The third kappa shape index (κ3) is 3.64. The van der Waals surface area contributed by atoms with Crippen LogP contribution in [0.1, 0.15) is 18.3 Å². The number of hydrogen-bond donors (Lipinski definition) is 1. The van der Waals surface area contributed by atoms with Crippen LogP contribution in [-0.2, 0) is 4.79 Å². The van der Waals surface area contributed by atoms with Crippen molar-refractivity contribution < 1.29 is 10.3 Å². The quantitative estimate of drug-likeness (QED) is 0.792. The van der Waals surface area contributed by atoms with Crippen molar-refractivity contribution in [2.24, 2.45) is 0 Å². The summed E-state index contributed by atoms with van der Waals surface area (Å²) < 4.78 is 31.4. The molecule has 0 aromatic carbocycles. The van der Waals surface area contributed by atoms with Gasteiger partial charge in [0, 0.05) is 35.6 Å². The normalized spacial score (nSPS) is 17.0. The number of anilines is 1. The molecule has 126 valence electrons. The number of aromatic nitrogens is 3. The van der Waals surface area contributed by atoms with Crippen molar-refractivity contribution in [1.29, 1.82) is 0 Å². The molecular formula is C19H19N5O. The Kier molecular flexibility index (Phi) is 3.24. The summed E-state index contributed by atoms with van der Waals surface area (Å²) in [4.78, 5) is 26.8. The molecule has 4 rings (SSSR count). The molecule has 3 aromatic heterocycles. The molecule has 6 nitrogen and oxygen atoms in total. The van der Waals surface area contributed by atoms with Gasteiger partial charge in [-0.2, -0.15) is 0 Å². The van der Waals surface area contributed by atoms with Crippen LogP contribution in [0.2, 0.25) is 0 Å². The SMILES string of the molecule is [2H]c1nc([2H])c(-c2ccc3cnc(NC(=O)CN4CCCC4)cc3n2)c([2H])c1[2H]. The van der Waals surface area contributed by atoms with Gasteiger partial charge in [-0.05, 0) is 50.1 Å². The molecule has 0 spiro atoms. The highest BCUT2D eigenvalue weighted by Gasteiger charge is 2.15. The van der Waals surface area contributed by atoms with Gasteiger partial charge in [-0.15, -0.1) is 0 Å². The Bertz CT molecular complexity index is 1100. The lowest BCUT2D eigenvalue weighted by atomic mass is 10.1. The Morgan fingerprint density at radius 1 is 1.32 bits per heavy atom. The van der Waals surface area contributed by atoms with Crippen molar-refractivity contribution in [3.05, 3.63) is 48.8 Å². The van der Waals surface area contributed by atoms with Crippen LogP contribution in [0.25, 0.3) is 22.2 Å². The van der Waals surface area contributed by atoms with E-state index in [2.05, 4.69) is 25.2 Å². The second-order valence-corrected chi connectivity index (χ2v) is 5.95. The molecule has 0 bridgehead atoms. The zero-order chi connectivity index (χ0) is 20.5. The van der Waals surface area contributed by atoms with Gasteiger partial charge in [-0.1, -0.05) is 0 Å². The standard InChI is InChI=1S/C19H19N5O/c25-19(13-24-8-1-2-9-24)23-18-10-17-15(12-21-18)5-6-16(22-17)14-4-3-7-20-11-14/h3-7,10-12H,1-2,8-9,13H2,(H,21,23,25)/i3D,4D,7D,11D. The molecule has 0 atom stereocenters. The lowest BCUT2D eigenvalue weighted by Gasteiger charge is -2.13. The Balaban J connectivity index is 1.64. The van der Waals surface area contributed by atoms with Crippen LogP contribution >= 0.6 is 0 Å². The third-order valence-electron chi connectivity index (χ3n) is 4.13. The van der Waals surface area contributed by atoms with Crippen LogP contribution in [0.15, 0.2) is 48.8 Å². The molecule has 0 unspecified atom stereocenters. The zero-order valence-electron chi connectivity index (χ0n) is 17.5. The summed E-state index contributed by atoms with van der Waals surface area (Å²) in [6.45, 7) is 2.18.